The second kappa shape index (κ2) is 6.48. The van der Waals surface area contributed by atoms with E-state index in [1.807, 2.05) is 17.8 Å². The van der Waals surface area contributed by atoms with Gasteiger partial charge in [0.15, 0.2) is 0 Å². The molecule has 0 amide bonds. The third-order valence-electron chi connectivity index (χ3n) is 2.15. The summed E-state index contributed by atoms with van der Waals surface area (Å²) < 4.78 is 5.03. The van der Waals surface area contributed by atoms with Crippen LogP contribution in [-0.4, -0.2) is 10.7 Å². The lowest BCUT2D eigenvalue weighted by molar-refractivity contribution is 0.568. The Morgan fingerprint density at radius 2 is 2.47 bits per heavy atom. The van der Waals surface area contributed by atoms with Crippen molar-refractivity contribution in [2.75, 3.05) is 5.75 Å². The van der Waals surface area contributed by atoms with Gasteiger partial charge in [0.1, 0.15) is 11.3 Å². The van der Waals surface area contributed by atoms with E-state index in [4.69, 9.17) is 9.68 Å². The lowest BCUT2D eigenvalue weighted by atomic mass is 10.4. The predicted octanol–water partition coefficient (Wildman–Crippen LogP) is 3.94. The molecule has 0 aliphatic carbocycles. The molecule has 2 heterocycles. The quantitative estimate of drug-likeness (QED) is 0.741. The van der Waals surface area contributed by atoms with Gasteiger partial charge in [0.05, 0.1) is 18.0 Å². The van der Waals surface area contributed by atoms with Crippen molar-refractivity contribution in [1.82, 2.24) is 4.98 Å². The Labute approximate surface area is 108 Å². The van der Waals surface area contributed by atoms with Crippen molar-refractivity contribution in [3.8, 4) is 16.6 Å². The molecule has 3 nitrogen and oxygen atoms in total. The molecule has 0 unspecified atom stereocenters. The molecule has 0 aromatic carbocycles. The SMILES string of the molecule is N#CCCCSCc1csc(-c2ccoc2)n1. The summed E-state index contributed by atoms with van der Waals surface area (Å²) in [5, 5.41) is 11.5. The molecule has 0 atom stereocenters. The van der Waals surface area contributed by atoms with Crippen LogP contribution in [0.4, 0.5) is 0 Å². The monoisotopic (exact) mass is 264 g/mol. The summed E-state index contributed by atoms with van der Waals surface area (Å²) in [7, 11) is 0. The molecule has 17 heavy (non-hydrogen) atoms. The van der Waals surface area contributed by atoms with Gasteiger partial charge in [-0.3, -0.25) is 0 Å². The minimum absolute atomic E-state index is 0.643. The fourth-order valence-electron chi connectivity index (χ4n) is 1.32. The van der Waals surface area contributed by atoms with Crippen LogP contribution in [-0.2, 0) is 5.75 Å². The molecule has 0 saturated heterocycles. The number of nitrogens with zero attached hydrogens (tertiary/aromatic N) is 2. The standard InChI is InChI=1S/C12H12N2OS2/c13-4-1-2-6-16-8-11-9-17-12(14-11)10-3-5-15-7-10/h3,5,7,9H,1-2,6,8H2. The van der Waals surface area contributed by atoms with Gasteiger partial charge in [-0.15, -0.1) is 11.3 Å². The van der Waals surface area contributed by atoms with Crippen molar-refractivity contribution in [2.24, 2.45) is 0 Å². The molecule has 0 saturated carbocycles. The van der Waals surface area contributed by atoms with Crippen LogP contribution in [0.3, 0.4) is 0 Å². The predicted molar refractivity (Wildman–Crippen MR) is 70.8 cm³/mol. The highest BCUT2D eigenvalue weighted by Crippen LogP contribution is 2.25. The number of hydrogen-bond acceptors (Lipinski definition) is 5. The topological polar surface area (TPSA) is 49.8 Å². The first-order valence-corrected chi connectivity index (χ1v) is 7.35. The van der Waals surface area contributed by atoms with Crippen LogP contribution in [0.15, 0.2) is 28.4 Å². The molecule has 0 fully saturated rings. The fourth-order valence-corrected chi connectivity index (χ4v) is 3.08. The van der Waals surface area contributed by atoms with Crippen LogP contribution in [0.1, 0.15) is 18.5 Å². The number of unbranched alkanes of at least 4 members (excludes halogenated alkanes) is 1. The van der Waals surface area contributed by atoms with Crippen molar-refractivity contribution in [3.63, 3.8) is 0 Å². The van der Waals surface area contributed by atoms with Crippen molar-refractivity contribution in [1.29, 1.82) is 5.26 Å². The minimum Gasteiger partial charge on any atom is -0.472 e. The smallest absolute Gasteiger partial charge is 0.126 e. The van der Waals surface area contributed by atoms with E-state index < -0.39 is 0 Å². The van der Waals surface area contributed by atoms with Gasteiger partial charge < -0.3 is 4.42 Å². The Bertz CT molecular complexity index is 485. The van der Waals surface area contributed by atoms with Crippen LogP contribution < -0.4 is 0 Å². The molecule has 0 aliphatic rings. The maximum absolute atomic E-state index is 8.41. The van der Waals surface area contributed by atoms with Gasteiger partial charge in [0.25, 0.3) is 0 Å². The highest BCUT2D eigenvalue weighted by molar-refractivity contribution is 7.98. The third-order valence-corrected chi connectivity index (χ3v) is 4.16. The van der Waals surface area contributed by atoms with Crippen LogP contribution in [0.2, 0.25) is 0 Å². The number of aromatic nitrogens is 1. The third kappa shape index (κ3) is 3.62. The van der Waals surface area contributed by atoms with E-state index in [0.29, 0.717) is 6.42 Å². The summed E-state index contributed by atoms with van der Waals surface area (Å²) in [6.07, 6.45) is 4.97. The molecule has 2 rings (SSSR count). The minimum atomic E-state index is 0.643. The van der Waals surface area contributed by atoms with Crippen LogP contribution in [0, 0.1) is 11.3 Å². The first-order chi connectivity index (χ1) is 8.40. The van der Waals surface area contributed by atoms with Crippen LogP contribution in [0.5, 0.6) is 0 Å². The summed E-state index contributed by atoms with van der Waals surface area (Å²) >= 11 is 3.47. The molecular formula is C12H12N2OS2. The first kappa shape index (κ1) is 12.2. The van der Waals surface area contributed by atoms with Crippen molar-refractivity contribution in [2.45, 2.75) is 18.6 Å². The number of thiazole rings is 1. The van der Waals surface area contributed by atoms with Gasteiger partial charge in [-0.2, -0.15) is 17.0 Å². The maximum atomic E-state index is 8.41. The lowest BCUT2D eigenvalue weighted by Crippen LogP contribution is -1.84. The van der Waals surface area contributed by atoms with Gasteiger partial charge in [-0.05, 0) is 18.2 Å². The van der Waals surface area contributed by atoms with E-state index in [0.717, 1.165) is 34.2 Å². The van der Waals surface area contributed by atoms with Gasteiger partial charge >= 0.3 is 0 Å². The van der Waals surface area contributed by atoms with E-state index in [2.05, 4.69) is 16.4 Å². The Hall–Kier alpha value is -1.25. The molecule has 0 aliphatic heterocycles. The van der Waals surface area contributed by atoms with Crippen LogP contribution in [0.25, 0.3) is 10.6 Å². The van der Waals surface area contributed by atoms with E-state index in [9.17, 15) is 0 Å². The van der Waals surface area contributed by atoms with E-state index >= 15 is 0 Å². The molecule has 2 aromatic heterocycles. The largest absolute Gasteiger partial charge is 0.472 e. The number of thioether (sulfide) groups is 1. The summed E-state index contributed by atoms with van der Waals surface area (Å²) in [6, 6.07) is 4.07. The normalized spacial score (nSPS) is 10.3. The molecule has 0 radical (unpaired) electrons. The summed E-state index contributed by atoms with van der Waals surface area (Å²) in [4.78, 5) is 4.54. The van der Waals surface area contributed by atoms with Crippen molar-refractivity contribution < 1.29 is 4.42 Å². The molecule has 2 aromatic rings. The molecule has 88 valence electrons. The second-order valence-electron chi connectivity index (χ2n) is 3.47. The maximum Gasteiger partial charge on any atom is 0.126 e. The number of nitriles is 1. The Morgan fingerprint density at radius 1 is 1.53 bits per heavy atom. The Balaban J connectivity index is 1.81. The molecule has 0 spiro atoms. The first-order valence-electron chi connectivity index (χ1n) is 5.32. The summed E-state index contributed by atoms with van der Waals surface area (Å²) in [5.74, 6) is 1.94. The van der Waals surface area contributed by atoms with Gasteiger partial charge in [0, 0.05) is 23.1 Å². The zero-order valence-corrected chi connectivity index (χ0v) is 10.9. The zero-order valence-electron chi connectivity index (χ0n) is 9.26. The zero-order chi connectivity index (χ0) is 11.9. The summed E-state index contributed by atoms with van der Waals surface area (Å²) in [6.45, 7) is 0. The Morgan fingerprint density at radius 3 is 3.24 bits per heavy atom. The van der Waals surface area contributed by atoms with Gasteiger partial charge in [-0.1, -0.05) is 0 Å². The molecule has 0 bridgehead atoms. The fraction of sp³-hybridized carbons (Fsp3) is 0.333. The van der Waals surface area contributed by atoms with E-state index in [1.165, 1.54) is 0 Å². The van der Waals surface area contributed by atoms with Gasteiger partial charge in [0.2, 0.25) is 0 Å². The lowest BCUT2D eigenvalue weighted by Gasteiger charge is -1.95. The number of furan rings is 1. The highest BCUT2D eigenvalue weighted by Gasteiger charge is 2.05. The number of rotatable bonds is 6. The molecular weight excluding hydrogens is 252 g/mol. The van der Waals surface area contributed by atoms with Crippen molar-refractivity contribution >= 4 is 23.1 Å². The Kier molecular flexibility index (Phi) is 4.65. The summed E-state index contributed by atoms with van der Waals surface area (Å²) in [5.41, 5.74) is 2.14. The van der Waals surface area contributed by atoms with Crippen LogP contribution >= 0.6 is 23.1 Å². The van der Waals surface area contributed by atoms with E-state index in [-0.39, 0.29) is 0 Å². The highest BCUT2D eigenvalue weighted by atomic mass is 32.2. The number of hydrogen-bond donors (Lipinski definition) is 0. The van der Waals surface area contributed by atoms with Crippen molar-refractivity contribution in [3.05, 3.63) is 29.7 Å². The van der Waals surface area contributed by atoms with E-state index in [1.54, 1.807) is 23.9 Å². The molecule has 5 heteroatoms. The average molecular weight is 264 g/mol. The second-order valence-corrected chi connectivity index (χ2v) is 5.43. The molecule has 0 N–H and O–H groups in total. The van der Waals surface area contributed by atoms with Gasteiger partial charge in [-0.25, -0.2) is 4.98 Å². The average Bonchev–Trinajstić information content (AvgIpc) is 2.99.